The Bertz CT molecular complexity index is 472. The standard InChI is InChI=1S/C15H24N4O2/c1-3-5-13-15(21)19(12(2)10-14(20)17-13)8-4-7-18-9-6-16-11-18/h6,9,11-13H,3-5,7-8,10H2,1-2H3,(H,17,20). The van der Waals surface area contributed by atoms with Crippen molar-refractivity contribution in [3.8, 4) is 0 Å². The second-order valence-electron chi connectivity index (χ2n) is 5.65. The first kappa shape index (κ1) is 15.5. The van der Waals surface area contributed by atoms with E-state index in [1.807, 2.05) is 29.5 Å². The van der Waals surface area contributed by atoms with Crippen molar-refractivity contribution in [2.24, 2.45) is 0 Å². The van der Waals surface area contributed by atoms with Crippen LogP contribution in [0.1, 0.15) is 39.5 Å². The van der Waals surface area contributed by atoms with E-state index in [4.69, 9.17) is 0 Å². The summed E-state index contributed by atoms with van der Waals surface area (Å²) in [6, 6.07) is -0.400. The van der Waals surface area contributed by atoms with Gasteiger partial charge < -0.3 is 14.8 Å². The Labute approximate surface area is 125 Å². The number of hydrogen-bond acceptors (Lipinski definition) is 3. The average molecular weight is 292 g/mol. The van der Waals surface area contributed by atoms with Crippen LogP contribution in [-0.2, 0) is 16.1 Å². The molecule has 2 rings (SSSR count). The number of aryl methyl sites for hydroxylation is 1. The van der Waals surface area contributed by atoms with Gasteiger partial charge in [-0.3, -0.25) is 9.59 Å². The van der Waals surface area contributed by atoms with Crippen molar-refractivity contribution < 1.29 is 9.59 Å². The highest BCUT2D eigenvalue weighted by atomic mass is 16.2. The summed E-state index contributed by atoms with van der Waals surface area (Å²) in [5.74, 6) is 0.0345. The fourth-order valence-electron chi connectivity index (χ4n) is 2.77. The maximum atomic E-state index is 12.6. The Morgan fingerprint density at radius 2 is 2.19 bits per heavy atom. The van der Waals surface area contributed by atoms with Gasteiger partial charge in [0.05, 0.1) is 6.33 Å². The Balaban J connectivity index is 1.96. The summed E-state index contributed by atoms with van der Waals surface area (Å²) in [4.78, 5) is 30.3. The molecule has 116 valence electrons. The molecule has 1 aliphatic rings. The maximum Gasteiger partial charge on any atom is 0.245 e. The lowest BCUT2D eigenvalue weighted by molar-refractivity contribution is -0.135. The van der Waals surface area contributed by atoms with Crippen molar-refractivity contribution >= 4 is 11.8 Å². The van der Waals surface area contributed by atoms with Crippen LogP contribution in [0.15, 0.2) is 18.7 Å². The van der Waals surface area contributed by atoms with E-state index in [9.17, 15) is 9.59 Å². The van der Waals surface area contributed by atoms with Gasteiger partial charge in [0.2, 0.25) is 11.8 Å². The van der Waals surface area contributed by atoms with Gasteiger partial charge in [0, 0.05) is 37.9 Å². The lowest BCUT2D eigenvalue weighted by atomic mass is 10.1. The van der Waals surface area contributed by atoms with Gasteiger partial charge in [0.1, 0.15) is 6.04 Å². The highest BCUT2D eigenvalue weighted by Gasteiger charge is 2.32. The van der Waals surface area contributed by atoms with Gasteiger partial charge in [-0.25, -0.2) is 4.98 Å². The third-order valence-corrected chi connectivity index (χ3v) is 3.88. The molecule has 1 N–H and O–H groups in total. The molecule has 0 aromatic carbocycles. The summed E-state index contributed by atoms with van der Waals surface area (Å²) in [7, 11) is 0. The lowest BCUT2D eigenvalue weighted by Gasteiger charge is -2.28. The molecule has 0 radical (unpaired) electrons. The van der Waals surface area contributed by atoms with Crippen LogP contribution in [0.4, 0.5) is 0 Å². The van der Waals surface area contributed by atoms with E-state index in [2.05, 4.69) is 10.3 Å². The fourth-order valence-corrected chi connectivity index (χ4v) is 2.77. The molecular weight excluding hydrogens is 268 g/mol. The van der Waals surface area contributed by atoms with Crippen LogP contribution in [-0.4, -0.2) is 44.9 Å². The number of hydrogen-bond donors (Lipinski definition) is 1. The third kappa shape index (κ3) is 4.06. The first-order chi connectivity index (χ1) is 10.1. The van der Waals surface area contributed by atoms with Crippen LogP contribution in [0.25, 0.3) is 0 Å². The molecule has 1 saturated heterocycles. The SMILES string of the molecule is CCCC1NC(=O)CC(C)N(CCCn2ccnc2)C1=O. The van der Waals surface area contributed by atoms with Crippen LogP contribution in [0, 0.1) is 0 Å². The summed E-state index contributed by atoms with van der Waals surface area (Å²) < 4.78 is 2.00. The van der Waals surface area contributed by atoms with E-state index in [0.717, 1.165) is 19.4 Å². The minimum atomic E-state index is -0.360. The highest BCUT2D eigenvalue weighted by Crippen LogP contribution is 2.14. The predicted octanol–water partition coefficient (Wildman–Crippen LogP) is 1.18. The van der Waals surface area contributed by atoms with Crippen LogP contribution in [0.3, 0.4) is 0 Å². The minimum absolute atomic E-state index is 0.0218. The van der Waals surface area contributed by atoms with E-state index in [-0.39, 0.29) is 23.9 Å². The zero-order chi connectivity index (χ0) is 15.2. The molecule has 1 fully saturated rings. The molecule has 2 atom stereocenters. The normalized spacial score (nSPS) is 23.0. The third-order valence-electron chi connectivity index (χ3n) is 3.88. The number of rotatable bonds is 6. The summed E-state index contributed by atoms with van der Waals surface area (Å²) in [5.41, 5.74) is 0. The van der Waals surface area contributed by atoms with Gasteiger partial charge >= 0.3 is 0 Å². The molecule has 21 heavy (non-hydrogen) atoms. The quantitative estimate of drug-likeness (QED) is 0.856. The van der Waals surface area contributed by atoms with Crippen LogP contribution < -0.4 is 5.32 Å². The molecule has 2 amide bonds. The van der Waals surface area contributed by atoms with Gasteiger partial charge in [0.15, 0.2) is 0 Å². The van der Waals surface area contributed by atoms with Gasteiger partial charge in [-0.15, -0.1) is 0 Å². The summed E-state index contributed by atoms with van der Waals surface area (Å²) in [5, 5.41) is 2.85. The summed E-state index contributed by atoms with van der Waals surface area (Å²) >= 11 is 0. The number of carbonyl (C=O) groups excluding carboxylic acids is 2. The Hall–Kier alpha value is -1.85. The number of amides is 2. The number of aromatic nitrogens is 2. The first-order valence-electron chi connectivity index (χ1n) is 7.67. The van der Waals surface area contributed by atoms with Gasteiger partial charge in [-0.2, -0.15) is 0 Å². The molecule has 1 aliphatic heterocycles. The molecule has 0 bridgehead atoms. The molecule has 6 nitrogen and oxygen atoms in total. The molecule has 1 aromatic heterocycles. The van der Waals surface area contributed by atoms with Gasteiger partial charge in [-0.1, -0.05) is 13.3 Å². The zero-order valence-electron chi connectivity index (χ0n) is 12.8. The molecule has 2 unspecified atom stereocenters. The van der Waals surface area contributed by atoms with Crippen molar-refractivity contribution in [2.45, 2.75) is 58.2 Å². The van der Waals surface area contributed by atoms with E-state index in [1.165, 1.54) is 0 Å². The van der Waals surface area contributed by atoms with Crippen molar-refractivity contribution in [3.05, 3.63) is 18.7 Å². The Morgan fingerprint density at radius 1 is 1.38 bits per heavy atom. The van der Waals surface area contributed by atoms with E-state index >= 15 is 0 Å². The van der Waals surface area contributed by atoms with Crippen LogP contribution in [0.2, 0.25) is 0 Å². The first-order valence-corrected chi connectivity index (χ1v) is 7.67. The Morgan fingerprint density at radius 3 is 2.86 bits per heavy atom. The van der Waals surface area contributed by atoms with E-state index < -0.39 is 0 Å². The van der Waals surface area contributed by atoms with Crippen LogP contribution >= 0.6 is 0 Å². The van der Waals surface area contributed by atoms with Gasteiger partial charge in [0.25, 0.3) is 0 Å². The van der Waals surface area contributed by atoms with Crippen molar-refractivity contribution in [2.75, 3.05) is 6.54 Å². The molecule has 6 heteroatoms. The Kier molecular flexibility index (Phi) is 5.36. The highest BCUT2D eigenvalue weighted by molar-refractivity contribution is 5.90. The molecule has 2 heterocycles. The predicted molar refractivity (Wildman–Crippen MR) is 79.5 cm³/mol. The van der Waals surface area contributed by atoms with Crippen LogP contribution in [0.5, 0.6) is 0 Å². The second kappa shape index (κ2) is 7.24. The smallest absolute Gasteiger partial charge is 0.245 e. The lowest BCUT2D eigenvalue weighted by Crippen LogP contribution is -2.46. The van der Waals surface area contributed by atoms with Gasteiger partial charge in [-0.05, 0) is 19.8 Å². The van der Waals surface area contributed by atoms with Crippen molar-refractivity contribution in [3.63, 3.8) is 0 Å². The topological polar surface area (TPSA) is 67.2 Å². The molecular formula is C15H24N4O2. The second-order valence-corrected chi connectivity index (χ2v) is 5.65. The monoisotopic (exact) mass is 292 g/mol. The molecule has 0 spiro atoms. The number of imidazole rings is 1. The minimum Gasteiger partial charge on any atom is -0.344 e. The largest absolute Gasteiger partial charge is 0.344 e. The summed E-state index contributed by atoms with van der Waals surface area (Å²) in [6.07, 6.45) is 8.27. The number of carbonyl (C=O) groups is 2. The van der Waals surface area contributed by atoms with Crippen molar-refractivity contribution in [1.29, 1.82) is 0 Å². The molecule has 1 aromatic rings. The van der Waals surface area contributed by atoms with E-state index in [1.54, 1.807) is 12.5 Å². The summed E-state index contributed by atoms with van der Waals surface area (Å²) in [6.45, 7) is 5.48. The van der Waals surface area contributed by atoms with Crippen molar-refractivity contribution in [1.82, 2.24) is 19.8 Å². The zero-order valence-corrected chi connectivity index (χ0v) is 12.8. The maximum absolute atomic E-state index is 12.6. The fraction of sp³-hybridized carbons (Fsp3) is 0.667. The number of nitrogens with zero attached hydrogens (tertiary/aromatic N) is 3. The van der Waals surface area contributed by atoms with E-state index in [0.29, 0.717) is 19.4 Å². The molecule has 0 saturated carbocycles. The molecule has 0 aliphatic carbocycles. The number of nitrogens with one attached hydrogen (secondary N) is 1. The average Bonchev–Trinajstić information content (AvgIpc) is 2.92.